The Hall–Kier alpha value is -5.32. The minimum atomic E-state index is -0.994. The molecular weight excluding hydrogens is 698 g/mol. The van der Waals surface area contributed by atoms with E-state index in [2.05, 4.69) is 59.2 Å². The monoisotopic (exact) mass is 737 g/mol. The Morgan fingerprint density at radius 1 is 0.981 bits per heavy atom. The van der Waals surface area contributed by atoms with Crippen LogP contribution in [0, 0.1) is 22.2 Å². The molecule has 1 aliphatic carbocycles. The SMILES string of the molecule is CC1(C)[C@H](NC(=O)c2ccc(N3CCN(Cc4ccc5c(c4)C(=O)N(C4CCC(=O)NC4=O)C5=O)CC3)nc2)C(C)(C)[C@H]1Oc1ccc(C#N)c(Cl)c1. The lowest BCUT2D eigenvalue weighted by atomic mass is 9.49. The number of aromatic nitrogens is 1. The first-order chi connectivity index (χ1) is 25.2. The molecule has 0 radical (unpaired) electrons. The fraction of sp³-hybridized carbons (Fsp3) is 0.410. The van der Waals surface area contributed by atoms with Gasteiger partial charge in [-0.1, -0.05) is 45.4 Å². The van der Waals surface area contributed by atoms with E-state index in [9.17, 15) is 29.2 Å². The van der Waals surface area contributed by atoms with Crippen LogP contribution in [0.15, 0.2) is 54.7 Å². The maximum Gasteiger partial charge on any atom is 0.262 e. The van der Waals surface area contributed by atoms with Crippen LogP contribution >= 0.6 is 11.6 Å². The molecule has 3 fully saturated rings. The lowest BCUT2D eigenvalue weighted by molar-refractivity contribution is -0.164. The van der Waals surface area contributed by atoms with Crippen LogP contribution < -0.4 is 20.3 Å². The second kappa shape index (κ2) is 13.6. The summed E-state index contributed by atoms with van der Waals surface area (Å²) in [5.41, 5.74) is 1.48. The highest BCUT2D eigenvalue weighted by Gasteiger charge is 2.64. The van der Waals surface area contributed by atoms with Gasteiger partial charge in [0.1, 0.15) is 29.8 Å². The Balaban J connectivity index is 0.919. The molecule has 53 heavy (non-hydrogen) atoms. The molecule has 5 amide bonds. The van der Waals surface area contributed by atoms with Crippen LogP contribution in [0.5, 0.6) is 5.75 Å². The second-order valence-electron chi connectivity index (χ2n) is 15.3. The highest BCUT2D eigenvalue weighted by atomic mass is 35.5. The van der Waals surface area contributed by atoms with Gasteiger partial charge in [0.15, 0.2) is 0 Å². The third kappa shape index (κ3) is 6.51. The van der Waals surface area contributed by atoms with Crippen molar-refractivity contribution in [2.45, 2.75) is 65.3 Å². The molecule has 0 spiro atoms. The van der Waals surface area contributed by atoms with Gasteiger partial charge in [-0.15, -0.1) is 0 Å². The van der Waals surface area contributed by atoms with Gasteiger partial charge in [0.25, 0.3) is 17.7 Å². The summed E-state index contributed by atoms with van der Waals surface area (Å²) in [5, 5.41) is 14.9. The van der Waals surface area contributed by atoms with E-state index in [0.29, 0.717) is 41.5 Å². The van der Waals surface area contributed by atoms with Crippen molar-refractivity contribution in [3.63, 3.8) is 0 Å². The summed E-state index contributed by atoms with van der Waals surface area (Å²) >= 11 is 6.23. The third-order valence-electron chi connectivity index (χ3n) is 11.0. The number of hydrogen-bond acceptors (Lipinski definition) is 10. The van der Waals surface area contributed by atoms with E-state index >= 15 is 0 Å². The zero-order chi connectivity index (χ0) is 37.8. The quantitative estimate of drug-likeness (QED) is 0.324. The molecule has 1 saturated carbocycles. The summed E-state index contributed by atoms with van der Waals surface area (Å²) in [5.74, 6) is -0.937. The highest BCUT2D eigenvalue weighted by Crippen LogP contribution is 2.55. The molecular formula is C39H40ClN7O6. The smallest absolute Gasteiger partial charge is 0.262 e. The van der Waals surface area contributed by atoms with E-state index in [1.165, 1.54) is 0 Å². The Kier molecular flexibility index (Phi) is 9.24. The third-order valence-corrected chi connectivity index (χ3v) is 11.4. The van der Waals surface area contributed by atoms with E-state index in [1.807, 2.05) is 12.1 Å². The van der Waals surface area contributed by atoms with Crippen molar-refractivity contribution in [3.8, 4) is 11.8 Å². The molecule has 3 aromatic rings. The number of nitriles is 1. The summed E-state index contributed by atoms with van der Waals surface area (Å²) in [4.78, 5) is 73.7. The number of benzene rings is 2. The Morgan fingerprint density at radius 2 is 1.70 bits per heavy atom. The molecule has 274 valence electrons. The number of imide groups is 2. The van der Waals surface area contributed by atoms with Crippen LogP contribution in [0.4, 0.5) is 5.82 Å². The number of nitrogens with one attached hydrogen (secondary N) is 2. The zero-order valence-electron chi connectivity index (χ0n) is 29.9. The van der Waals surface area contributed by atoms with E-state index in [-0.39, 0.29) is 42.0 Å². The number of rotatable bonds is 8. The molecule has 7 rings (SSSR count). The minimum absolute atomic E-state index is 0.0740. The lowest BCUT2D eigenvalue weighted by Gasteiger charge is -2.63. The second-order valence-corrected chi connectivity index (χ2v) is 15.7. The van der Waals surface area contributed by atoms with Crippen LogP contribution in [-0.4, -0.2) is 88.7 Å². The first-order valence-corrected chi connectivity index (χ1v) is 18.0. The number of hydrogen-bond donors (Lipinski definition) is 2. The minimum Gasteiger partial charge on any atom is -0.489 e. The van der Waals surface area contributed by atoms with Crippen molar-refractivity contribution < 1.29 is 28.7 Å². The predicted molar refractivity (Wildman–Crippen MR) is 194 cm³/mol. The molecule has 3 aliphatic heterocycles. The van der Waals surface area contributed by atoms with Crippen molar-refractivity contribution in [1.82, 2.24) is 25.4 Å². The van der Waals surface area contributed by atoms with Crippen molar-refractivity contribution in [1.29, 1.82) is 5.26 Å². The molecule has 4 heterocycles. The summed E-state index contributed by atoms with van der Waals surface area (Å²) in [6.45, 7) is 11.7. The number of pyridine rings is 1. The van der Waals surface area contributed by atoms with Gasteiger partial charge in [0, 0.05) is 68.3 Å². The Morgan fingerprint density at radius 3 is 2.34 bits per heavy atom. The number of piperazine rings is 1. The standard InChI is InChI=1S/C39H40ClN7O6/c1-38(2)36(39(3,4)37(38)53-25-8-6-23(19-41)28(40)18-25)44-32(49)24-7-11-30(42-20-24)46-15-13-45(14-16-46)21-22-5-9-26-27(17-22)35(52)47(34(26)51)29-10-12-31(48)43-33(29)50/h5-9,11,17-18,20,29,36-37H,10,12-16,21H2,1-4H3,(H,44,49)(H,43,48,50)/t29?,36-,37-. The number of anilines is 1. The van der Waals surface area contributed by atoms with Crippen molar-refractivity contribution in [3.05, 3.63) is 87.6 Å². The molecule has 2 saturated heterocycles. The van der Waals surface area contributed by atoms with Gasteiger partial charge in [-0.3, -0.25) is 39.1 Å². The summed E-state index contributed by atoms with van der Waals surface area (Å²) in [7, 11) is 0. The molecule has 1 aromatic heterocycles. The van der Waals surface area contributed by atoms with Gasteiger partial charge in [0.05, 0.1) is 27.3 Å². The largest absolute Gasteiger partial charge is 0.489 e. The van der Waals surface area contributed by atoms with E-state index in [1.54, 1.807) is 42.6 Å². The van der Waals surface area contributed by atoms with Crippen LogP contribution in [0.3, 0.4) is 0 Å². The lowest BCUT2D eigenvalue weighted by Crippen LogP contribution is -2.74. The van der Waals surface area contributed by atoms with E-state index in [4.69, 9.17) is 16.3 Å². The van der Waals surface area contributed by atoms with Gasteiger partial charge in [0.2, 0.25) is 11.8 Å². The number of nitrogens with zero attached hydrogens (tertiary/aromatic N) is 5. The first-order valence-electron chi connectivity index (χ1n) is 17.6. The molecule has 14 heteroatoms. The van der Waals surface area contributed by atoms with Crippen molar-refractivity contribution in [2.75, 3.05) is 31.1 Å². The first kappa shape index (κ1) is 36.1. The molecule has 2 aromatic carbocycles. The zero-order valence-corrected chi connectivity index (χ0v) is 30.7. The summed E-state index contributed by atoms with van der Waals surface area (Å²) < 4.78 is 6.34. The highest BCUT2D eigenvalue weighted by molar-refractivity contribution is 6.31. The number of piperidine rings is 1. The number of amides is 5. The fourth-order valence-corrected chi connectivity index (χ4v) is 8.74. The van der Waals surface area contributed by atoms with E-state index in [0.717, 1.165) is 29.4 Å². The number of ether oxygens (including phenoxy) is 1. The normalized spacial score (nSPS) is 23.5. The maximum atomic E-state index is 13.4. The summed E-state index contributed by atoms with van der Waals surface area (Å²) in [6, 6.07) is 14.7. The molecule has 4 aliphatic rings. The topological polar surface area (TPSA) is 165 Å². The maximum absolute atomic E-state index is 13.4. The molecule has 2 N–H and O–H groups in total. The summed E-state index contributed by atoms with van der Waals surface area (Å²) in [6.07, 6.45) is 1.58. The number of fused-ring (bicyclic) bond motifs is 1. The molecule has 0 bridgehead atoms. The Labute approximate surface area is 312 Å². The number of carbonyl (C=O) groups is 5. The fourth-order valence-electron chi connectivity index (χ4n) is 8.53. The average Bonchev–Trinajstić information content (AvgIpc) is 3.37. The molecule has 13 nitrogen and oxygen atoms in total. The average molecular weight is 738 g/mol. The predicted octanol–water partition coefficient (Wildman–Crippen LogP) is 3.94. The van der Waals surface area contributed by atoms with E-state index < -0.39 is 40.5 Å². The van der Waals surface area contributed by atoms with Crippen LogP contribution in [0.2, 0.25) is 5.02 Å². The number of halogens is 1. The number of carbonyl (C=O) groups excluding carboxylic acids is 5. The van der Waals surface area contributed by atoms with Crippen molar-refractivity contribution in [2.24, 2.45) is 10.8 Å². The van der Waals surface area contributed by atoms with Crippen molar-refractivity contribution >= 4 is 47.0 Å². The van der Waals surface area contributed by atoms with Gasteiger partial charge in [-0.05, 0) is 48.4 Å². The van der Waals surface area contributed by atoms with Crippen LogP contribution in [-0.2, 0) is 16.1 Å². The van der Waals surface area contributed by atoms with Gasteiger partial charge in [-0.2, -0.15) is 5.26 Å². The molecule has 1 unspecified atom stereocenters. The molecule has 1 atom stereocenters. The Bertz CT molecular complexity index is 2050. The van der Waals surface area contributed by atoms with Crippen LogP contribution in [0.25, 0.3) is 0 Å². The van der Waals surface area contributed by atoms with Crippen LogP contribution in [0.1, 0.15) is 82.7 Å². The van der Waals surface area contributed by atoms with Gasteiger partial charge >= 0.3 is 0 Å². The van der Waals surface area contributed by atoms with Gasteiger partial charge < -0.3 is 15.0 Å². The van der Waals surface area contributed by atoms with Gasteiger partial charge in [-0.25, -0.2) is 4.98 Å².